The molecule has 2 aromatic heterocycles. The molecule has 4 aliphatic rings. The molecule has 5 atom stereocenters. The van der Waals surface area contributed by atoms with E-state index in [-0.39, 0.29) is 49.6 Å². The molecule has 3 saturated heterocycles. The Kier molecular flexibility index (Phi) is 16.6. The number of carbonyl (C=O) groups is 5. The third kappa shape index (κ3) is 11.4. The number of halogens is 2. The highest BCUT2D eigenvalue weighted by Crippen LogP contribution is 2.43. The number of aryl methyl sites for hydroxylation is 1. The van der Waals surface area contributed by atoms with Gasteiger partial charge >= 0.3 is 5.97 Å². The summed E-state index contributed by atoms with van der Waals surface area (Å²) in [5, 5.41) is 8.59. The van der Waals surface area contributed by atoms with Crippen molar-refractivity contribution in [1.82, 2.24) is 40.4 Å². The highest BCUT2D eigenvalue weighted by Gasteiger charge is 2.40. The first kappa shape index (κ1) is 54.0. The number of nitrogens with one attached hydrogen (secondary N) is 3. The smallest absolute Gasteiger partial charge is 0.324 e. The van der Waals surface area contributed by atoms with Crippen LogP contribution in [0.2, 0.25) is 0 Å². The molecule has 1 unspecified atom stereocenters. The van der Waals surface area contributed by atoms with Gasteiger partial charge in [0.2, 0.25) is 17.7 Å². The van der Waals surface area contributed by atoms with E-state index in [1.54, 1.807) is 39.0 Å². The number of carbonyl (C=O) groups excluding carboxylic acids is 5. The molecule has 3 fully saturated rings. The molecule has 16 nitrogen and oxygen atoms in total. The summed E-state index contributed by atoms with van der Waals surface area (Å²) in [6.07, 6.45) is 1.39. The lowest BCUT2D eigenvalue weighted by Crippen LogP contribution is -2.62. The molecule has 4 amide bonds. The minimum atomic E-state index is -2.87. The summed E-state index contributed by atoms with van der Waals surface area (Å²) in [4.78, 5) is 80.3. The number of alkyl halides is 2. The Bertz CT molecular complexity index is 2770. The van der Waals surface area contributed by atoms with Gasteiger partial charge in [0.05, 0.1) is 41.9 Å². The second kappa shape index (κ2) is 22.7. The lowest BCUT2D eigenvalue weighted by molar-refractivity contribution is -0.155. The number of cyclic esters (lactones) is 1. The fourth-order valence-electron chi connectivity index (χ4n) is 11.3. The van der Waals surface area contributed by atoms with Gasteiger partial charge in [-0.05, 0) is 98.0 Å². The van der Waals surface area contributed by atoms with Crippen LogP contribution in [-0.4, -0.2) is 139 Å². The Morgan fingerprint density at radius 3 is 2.47 bits per heavy atom. The Labute approximate surface area is 433 Å². The first-order chi connectivity index (χ1) is 35.3. The van der Waals surface area contributed by atoms with Crippen molar-refractivity contribution in [3.63, 3.8) is 0 Å². The zero-order chi connectivity index (χ0) is 53.2. The highest BCUT2D eigenvalue weighted by atomic mass is 19.3. The lowest BCUT2D eigenvalue weighted by atomic mass is 9.84. The van der Waals surface area contributed by atoms with Gasteiger partial charge in [-0.15, -0.1) is 0 Å². The molecule has 3 N–H and O–H groups in total. The quantitative estimate of drug-likeness (QED) is 0.103. The number of hydrazine groups is 1. The first-order valence-corrected chi connectivity index (χ1v) is 26.1. The van der Waals surface area contributed by atoms with E-state index in [2.05, 4.69) is 45.1 Å². The number of ether oxygens (including phenoxy) is 2. The average Bonchev–Trinajstić information content (AvgIpc) is 4.01. The van der Waals surface area contributed by atoms with E-state index in [9.17, 15) is 24.0 Å². The molecular formula is C56H73F2N9O7. The normalized spacial score (nSPS) is 21.4. The van der Waals surface area contributed by atoms with Gasteiger partial charge in [-0.3, -0.25) is 34.0 Å². The van der Waals surface area contributed by atoms with Crippen LogP contribution in [-0.2, 0) is 52.8 Å². The summed E-state index contributed by atoms with van der Waals surface area (Å²) in [6.45, 7) is 20.0. The van der Waals surface area contributed by atoms with E-state index in [1.807, 2.05) is 45.2 Å². The van der Waals surface area contributed by atoms with Crippen molar-refractivity contribution in [3.8, 4) is 22.4 Å². The van der Waals surface area contributed by atoms with Crippen molar-refractivity contribution in [2.75, 3.05) is 71.5 Å². The van der Waals surface area contributed by atoms with Crippen molar-refractivity contribution >= 4 is 46.2 Å². The maximum Gasteiger partial charge on any atom is 0.324 e. The molecule has 2 aromatic carbocycles. The molecular weight excluding hydrogens is 949 g/mol. The number of methoxy groups -OCH3 is 1. The predicted molar refractivity (Wildman–Crippen MR) is 280 cm³/mol. The maximum atomic E-state index is 15.1. The molecule has 74 heavy (non-hydrogen) atoms. The second-order valence-electron chi connectivity index (χ2n) is 21.4. The molecule has 18 heteroatoms. The molecule has 6 heterocycles. The topological polar surface area (TPSA) is 171 Å². The van der Waals surface area contributed by atoms with Crippen LogP contribution in [0, 0.1) is 17.3 Å². The minimum Gasteiger partial charge on any atom is -0.464 e. The van der Waals surface area contributed by atoms with Gasteiger partial charge in [-0.25, -0.2) is 14.2 Å². The number of esters is 1. The van der Waals surface area contributed by atoms with Crippen molar-refractivity contribution in [3.05, 3.63) is 83.7 Å². The van der Waals surface area contributed by atoms with E-state index in [0.29, 0.717) is 55.5 Å². The molecule has 398 valence electrons. The monoisotopic (exact) mass is 1020 g/mol. The molecule has 0 saturated carbocycles. The maximum absolute atomic E-state index is 15.1. The Morgan fingerprint density at radius 2 is 1.78 bits per heavy atom. The largest absolute Gasteiger partial charge is 0.464 e. The van der Waals surface area contributed by atoms with Gasteiger partial charge in [-0.2, -0.15) is 0 Å². The van der Waals surface area contributed by atoms with Gasteiger partial charge in [0.15, 0.2) is 0 Å². The SMILES string of the molecule is C=CC(=O)N1CCC(C(=O)N(C)[C@H](C(=O)N[C@H]2Cc3cc(cc(C(F)F)c3)-c3ccc4c(c3)c(c(-c3cc(N5CCNCC5)cnc3[C@H](C)OC)n4CC)CC(C)(C)COC(=O)[C@@H]3CCCN(N3)C2=O)C(C)C)C1. The number of hydrogen-bond acceptors (Lipinski definition) is 11. The average molecular weight is 1020 g/mol. The van der Waals surface area contributed by atoms with E-state index < -0.39 is 59.6 Å². The zero-order valence-corrected chi connectivity index (χ0v) is 44.1. The molecule has 0 aliphatic carbocycles. The van der Waals surface area contributed by atoms with Crippen LogP contribution in [0.1, 0.15) is 95.7 Å². The van der Waals surface area contributed by atoms with Gasteiger partial charge in [-0.1, -0.05) is 52.5 Å². The molecule has 8 rings (SSSR count). The van der Waals surface area contributed by atoms with E-state index in [0.717, 1.165) is 65.3 Å². The number of anilines is 1. The second-order valence-corrected chi connectivity index (χ2v) is 21.4. The molecule has 0 radical (unpaired) electrons. The van der Waals surface area contributed by atoms with Gasteiger partial charge in [0, 0.05) is 100 Å². The third-order valence-corrected chi connectivity index (χ3v) is 15.2. The summed E-state index contributed by atoms with van der Waals surface area (Å²) in [6, 6.07) is 9.57. The summed E-state index contributed by atoms with van der Waals surface area (Å²) in [7, 11) is 3.21. The lowest BCUT2D eigenvalue weighted by Gasteiger charge is -2.37. The summed E-state index contributed by atoms with van der Waals surface area (Å²) >= 11 is 0. The van der Waals surface area contributed by atoms with Crippen LogP contribution in [0.25, 0.3) is 33.3 Å². The number of aromatic nitrogens is 2. The number of amides is 4. The van der Waals surface area contributed by atoms with Crippen LogP contribution >= 0.6 is 0 Å². The van der Waals surface area contributed by atoms with Crippen LogP contribution in [0.3, 0.4) is 0 Å². The fourth-order valence-corrected chi connectivity index (χ4v) is 11.3. The number of benzene rings is 2. The van der Waals surface area contributed by atoms with E-state index >= 15 is 8.78 Å². The summed E-state index contributed by atoms with van der Waals surface area (Å²) < 4.78 is 44.7. The van der Waals surface area contributed by atoms with Gasteiger partial charge in [0.1, 0.15) is 18.1 Å². The number of fused-ring (bicyclic) bond motifs is 6. The minimum absolute atomic E-state index is 0.0427. The molecule has 4 aromatic rings. The highest BCUT2D eigenvalue weighted by molar-refractivity contribution is 5.96. The number of nitrogens with zero attached hydrogens (tertiary/aromatic N) is 6. The summed E-state index contributed by atoms with van der Waals surface area (Å²) in [5.41, 5.74) is 9.25. The van der Waals surface area contributed by atoms with E-state index in [4.69, 9.17) is 14.5 Å². The van der Waals surface area contributed by atoms with Crippen LogP contribution in [0.5, 0.6) is 0 Å². The Morgan fingerprint density at radius 1 is 1.03 bits per heavy atom. The Hall–Kier alpha value is -6.24. The predicted octanol–water partition coefficient (Wildman–Crippen LogP) is 6.61. The standard InChI is InChI=1S/C56H73F2N9O7/c1-10-47(68)65-20-16-37(31-65)53(70)63(8)49(33(3)4)52(69)61-45-25-35-23-38(26-39(24-35)51(57)58)36-14-15-46-41(27-36)43(29-56(6,7)32-74-55(72)44-13-12-19-67(62-44)54(45)71)50(66(46)11-2)42-28-40(64-21-17-59-18-22-64)30-60-48(42)34(5)73-9/h10,14-15,23-24,26-28,30,33-34,37,44-45,49,51,59,62H,1,11-13,16-22,25,29,31-32H2,2-9H3,(H,61,69)/t34-,37?,44-,45-,49-/m0/s1. The van der Waals surface area contributed by atoms with Crippen LogP contribution in [0.15, 0.2) is 61.3 Å². The van der Waals surface area contributed by atoms with Gasteiger partial charge in [0.25, 0.3) is 12.3 Å². The van der Waals surface area contributed by atoms with Gasteiger partial charge < -0.3 is 39.4 Å². The number of likely N-dealkylation sites (tertiary alicyclic amines) is 1. The van der Waals surface area contributed by atoms with Crippen molar-refractivity contribution < 1.29 is 42.2 Å². The number of hydrogen-bond donors (Lipinski definition) is 3. The Balaban J connectivity index is 1.25. The molecule has 0 spiro atoms. The third-order valence-electron chi connectivity index (χ3n) is 15.2. The van der Waals surface area contributed by atoms with Crippen molar-refractivity contribution in [2.45, 2.75) is 111 Å². The van der Waals surface area contributed by atoms with E-state index in [1.165, 1.54) is 28.1 Å². The number of pyridine rings is 1. The zero-order valence-electron chi connectivity index (χ0n) is 44.1. The molecule has 4 aliphatic heterocycles. The number of piperazine rings is 1. The number of rotatable bonds is 12. The molecule has 6 bridgehead atoms. The number of likely N-dealkylation sites (N-methyl/N-ethyl adjacent to an activating group) is 1. The van der Waals surface area contributed by atoms with Crippen LogP contribution in [0.4, 0.5) is 14.5 Å². The summed E-state index contributed by atoms with van der Waals surface area (Å²) in [5.74, 6) is -3.29. The van der Waals surface area contributed by atoms with Crippen LogP contribution < -0.4 is 21.0 Å². The van der Waals surface area contributed by atoms with Crippen molar-refractivity contribution in [1.29, 1.82) is 0 Å². The first-order valence-electron chi connectivity index (χ1n) is 26.1. The van der Waals surface area contributed by atoms with Crippen molar-refractivity contribution in [2.24, 2.45) is 17.3 Å². The fraction of sp³-hybridized carbons (Fsp3) is 0.536.